The average Bonchev–Trinajstić information content (AvgIpc) is 3.21. The largest absolute Gasteiger partial charge is 0.507 e. The molecule has 3 N–H and O–H groups in total. The van der Waals surface area contributed by atoms with E-state index in [4.69, 9.17) is 14.2 Å². The van der Waals surface area contributed by atoms with Gasteiger partial charge in [0.15, 0.2) is 5.75 Å². The van der Waals surface area contributed by atoms with Gasteiger partial charge in [-0.15, -0.1) is 0 Å². The topological polar surface area (TPSA) is 106 Å². The van der Waals surface area contributed by atoms with Gasteiger partial charge in [-0.25, -0.2) is 0 Å². The zero-order chi connectivity index (χ0) is 33.4. The molecule has 0 spiro atoms. The number of aromatic hydroxyl groups is 1. The molecule has 248 valence electrons. The van der Waals surface area contributed by atoms with Gasteiger partial charge < -0.3 is 30.0 Å². The van der Waals surface area contributed by atoms with E-state index in [0.29, 0.717) is 69.7 Å². The van der Waals surface area contributed by atoms with Crippen molar-refractivity contribution in [3.63, 3.8) is 0 Å². The molecule has 0 amide bonds. The van der Waals surface area contributed by atoms with Gasteiger partial charge in [0.2, 0.25) is 10.9 Å². The lowest BCUT2D eigenvalue weighted by Crippen LogP contribution is -2.17. The van der Waals surface area contributed by atoms with E-state index in [-0.39, 0.29) is 22.0 Å². The lowest BCUT2D eigenvalue weighted by molar-refractivity contribution is 0.408. The maximum Gasteiger partial charge on any atom is 0.230 e. The molecule has 0 unspecified atom stereocenters. The fourth-order valence-electron chi connectivity index (χ4n) is 7.60. The summed E-state index contributed by atoms with van der Waals surface area (Å²) in [4.78, 5) is 29.0. The molecule has 6 rings (SSSR count). The van der Waals surface area contributed by atoms with E-state index in [9.17, 15) is 14.7 Å². The van der Waals surface area contributed by atoms with Crippen molar-refractivity contribution in [1.29, 1.82) is 0 Å². The summed E-state index contributed by atoms with van der Waals surface area (Å²) in [5, 5.41) is 23.5. The third-order valence-corrected chi connectivity index (χ3v) is 9.73. The van der Waals surface area contributed by atoms with Crippen molar-refractivity contribution in [1.82, 2.24) is 0 Å². The minimum Gasteiger partial charge on any atom is -0.507 e. The lowest BCUT2D eigenvalue weighted by Gasteiger charge is -2.24. The van der Waals surface area contributed by atoms with E-state index in [0.717, 1.165) is 84.2 Å². The number of ether oxygens (including phenoxy) is 3. The number of rotatable bonds is 15. The second-order valence-corrected chi connectivity index (χ2v) is 12.8. The Kier molecular flexibility index (Phi) is 9.22. The van der Waals surface area contributed by atoms with E-state index in [1.54, 1.807) is 21.3 Å². The fourth-order valence-corrected chi connectivity index (χ4v) is 7.60. The number of anilines is 2. The zero-order valence-electron chi connectivity index (χ0n) is 28.5. The van der Waals surface area contributed by atoms with Crippen molar-refractivity contribution in [3.05, 3.63) is 49.3 Å². The third-order valence-electron chi connectivity index (χ3n) is 9.73. The quantitative estimate of drug-likeness (QED) is 0.0595. The summed E-state index contributed by atoms with van der Waals surface area (Å²) in [6, 6.07) is 3.38. The first-order chi connectivity index (χ1) is 22.8. The molecule has 0 fully saturated rings. The molecule has 0 radical (unpaired) electrons. The maximum atomic E-state index is 14.5. The van der Waals surface area contributed by atoms with Crippen LogP contribution in [-0.2, 0) is 6.42 Å². The number of phenolic OH excluding ortho intramolecular Hbond substituents is 1. The predicted octanol–water partition coefficient (Wildman–Crippen LogP) is 8.57. The number of hydrogen-bond donors (Lipinski definition) is 3. The van der Waals surface area contributed by atoms with Crippen LogP contribution in [0.1, 0.15) is 83.3 Å². The average molecular weight is 639 g/mol. The Balaban J connectivity index is 1.83. The van der Waals surface area contributed by atoms with Crippen LogP contribution in [-0.4, -0.2) is 39.5 Å². The molecule has 1 aliphatic rings. The zero-order valence-corrected chi connectivity index (χ0v) is 28.5. The van der Waals surface area contributed by atoms with Gasteiger partial charge in [0.05, 0.1) is 37.8 Å². The van der Waals surface area contributed by atoms with Gasteiger partial charge in [-0.3, -0.25) is 9.59 Å². The molecule has 0 aromatic heterocycles. The van der Waals surface area contributed by atoms with Gasteiger partial charge in [-0.2, -0.15) is 0 Å². The van der Waals surface area contributed by atoms with Crippen LogP contribution < -0.4 is 35.7 Å². The van der Waals surface area contributed by atoms with Crippen LogP contribution in [0.4, 0.5) is 11.4 Å². The van der Waals surface area contributed by atoms with Crippen LogP contribution in [0.2, 0.25) is 0 Å². The van der Waals surface area contributed by atoms with Gasteiger partial charge in [-0.05, 0) is 31.6 Å². The lowest BCUT2D eigenvalue weighted by atomic mass is 9.83. The van der Waals surface area contributed by atoms with Crippen molar-refractivity contribution in [3.8, 4) is 23.0 Å². The minimum atomic E-state index is -0.264. The summed E-state index contributed by atoms with van der Waals surface area (Å²) in [6.45, 7) is 7.71. The van der Waals surface area contributed by atoms with Crippen molar-refractivity contribution in [2.75, 3.05) is 45.1 Å². The SMILES string of the molecule is CCCCCCNc1c2c3c4c(c(OC)c(=O)c5c(NCCCCCC)cc(OC)c(c6c(OC)cc(O)c(c1=O)c63)c54)CC(C)=C2. The standard InChI is InChI=1S/C39H46N2O6/c1-7-9-11-13-15-40-24-19-26(45-4)32-33-27(46-5)20-25(42)31-35(33)28-22(36(37(31)43)41-16-14-12-10-8-2)17-21(3)18-23-29(28)34(32)30(24)38(44)39(23)47-6/h17,19-20,40-42H,7-16,18H2,1-6H3. The molecule has 0 saturated carbocycles. The van der Waals surface area contributed by atoms with E-state index in [2.05, 4.69) is 30.6 Å². The highest BCUT2D eigenvalue weighted by atomic mass is 16.5. The Morgan fingerprint density at radius 3 is 1.91 bits per heavy atom. The molecule has 8 heteroatoms. The summed E-state index contributed by atoms with van der Waals surface area (Å²) in [6.07, 6.45) is 11.1. The van der Waals surface area contributed by atoms with Crippen molar-refractivity contribution in [2.24, 2.45) is 0 Å². The Labute approximate surface area is 275 Å². The van der Waals surface area contributed by atoms with E-state index in [1.807, 2.05) is 13.0 Å². The molecule has 0 bridgehead atoms. The van der Waals surface area contributed by atoms with Crippen LogP contribution in [0.3, 0.4) is 0 Å². The minimum absolute atomic E-state index is 0.148. The summed E-state index contributed by atoms with van der Waals surface area (Å²) in [7, 11) is 4.71. The van der Waals surface area contributed by atoms with Crippen LogP contribution in [0.15, 0.2) is 27.3 Å². The Hall–Kier alpha value is -4.46. The van der Waals surface area contributed by atoms with E-state index >= 15 is 0 Å². The number of phenols is 1. The van der Waals surface area contributed by atoms with Gasteiger partial charge >= 0.3 is 0 Å². The second kappa shape index (κ2) is 13.3. The molecule has 5 aromatic rings. The number of unbranched alkanes of at least 4 members (excludes halogenated alkanes) is 6. The van der Waals surface area contributed by atoms with Crippen LogP contribution in [0.25, 0.3) is 49.2 Å². The molecule has 0 saturated heterocycles. The third kappa shape index (κ3) is 5.22. The summed E-state index contributed by atoms with van der Waals surface area (Å²) < 4.78 is 17.9. The monoisotopic (exact) mass is 638 g/mol. The highest BCUT2D eigenvalue weighted by molar-refractivity contribution is 6.39. The highest BCUT2D eigenvalue weighted by Gasteiger charge is 2.32. The van der Waals surface area contributed by atoms with Gasteiger partial charge in [0.25, 0.3) is 0 Å². The van der Waals surface area contributed by atoms with E-state index < -0.39 is 0 Å². The normalized spacial score (nSPS) is 12.8. The summed E-state index contributed by atoms with van der Waals surface area (Å²) >= 11 is 0. The van der Waals surface area contributed by atoms with Crippen LogP contribution in [0.5, 0.6) is 23.0 Å². The summed E-state index contributed by atoms with van der Waals surface area (Å²) in [5.41, 5.74) is 3.20. The first kappa shape index (κ1) is 32.5. The van der Waals surface area contributed by atoms with Crippen molar-refractivity contribution < 1.29 is 19.3 Å². The Morgan fingerprint density at radius 2 is 1.30 bits per heavy atom. The molecule has 1 aliphatic carbocycles. The number of nitrogens with one attached hydrogen (secondary N) is 2. The molecular weight excluding hydrogens is 592 g/mol. The molecular formula is C39H46N2O6. The van der Waals surface area contributed by atoms with Gasteiger partial charge in [0, 0.05) is 69.0 Å². The first-order valence-corrected chi connectivity index (χ1v) is 17.0. The number of benzene rings is 5. The number of methoxy groups -OCH3 is 3. The smallest absolute Gasteiger partial charge is 0.230 e. The Bertz CT molecular complexity index is 2120. The Morgan fingerprint density at radius 1 is 0.681 bits per heavy atom. The van der Waals surface area contributed by atoms with Crippen molar-refractivity contribution in [2.45, 2.75) is 78.6 Å². The van der Waals surface area contributed by atoms with Gasteiger partial charge in [0.1, 0.15) is 17.2 Å². The maximum absolute atomic E-state index is 14.5. The summed E-state index contributed by atoms with van der Waals surface area (Å²) in [5.74, 6) is 1.10. The van der Waals surface area contributed by atoms with E-state index in [1.165, 1.54) is 6.07 Å². The molecule has 0 heterocycles. The van der Waals surface area contributed by atoms with Crippen LogP contribution in [0, 0.1) is 0 Å². The number of allylic oxidation sites excluding steroid dienone is 1. The first-order valence-electron chi connectivity index (χ1n) is 17.0. The molecule has 0 atom stereocenters. The molecule has 47 heavy (non-hydrogen) atoms. The highest BCUT2D eigenvalue weighted by Crippen LogP contribution is 2.54. The molecule has 5 aromatic carbocycles. The molecule has 0 aliphatic heterocycles. The number of fused-ring (bicyclic) bond motifs is 1. The van der Waals surface area contributed by atoms with Crippen molar-refractivity contribution >= 4 is 60.5 Å². The van der Waals surface area contributed by atoms with Crippen LogP contribution >= 0.6 is 0 Å². The predicted molar refractivity (Wildman–Crippen MR) is 195 cm³/mol. The van der Waals surface area contributed by atoms with Gasteiger partial charge in [-0.1, -0.05) is 64.0 Å². The fraction of sp³-hybridized carbons (Fsp3) is 0.436. The second-order valence-electron chi connectivity index (χ2n) is 12.8. The molecule has 8 nitrogen and oxygen atoms in total. The number of hydrogen-bond acceptors (Lipinski definition) is 8.